The Bertz CT molecular complexity index is 2840. The first-order valence-electron chi connectivity index (χ1n) is 21.9. The van der Waals surface area contributed by atoms with E-state index in [1.807, 2.05) is 112 Å². The molecule has 0 bridgehead atoms. The smallest absolute Gasteiger partial charge is 0.308 e. The zero-order chi connectivity index (χ0) is 47.2. The molecule has 2 aliphatic rings. The fourth-order valence-corrected chi connectivity index (χ4v) is 10.7. The van der Waals surface area contributed by atoms with E-state index in [0.717, 1.165) is 65.1 Å². The van der Waals surface area contributed by atoms with E-state index in [2.05, 4.69) is 39.7 Å². The average Bonchev–Trinajstić information content (AvgIpc) is 4.07. The Kier molecular flexibility index (Phi) is 12.9. The molecule has 3 aromatic heterocycles. The minimum absolute atomic E-state index is 0.0116. The molecular formula is C50H54N8O6S2. The lowest BCUT2D eigenvalue weighted by atomic mass is 9.85. The largest absolute Gasteiger partial charge is 0.469 e. The number of carbonyl (C=O) groups excluding carboxylic acids is 4. The molecule has 1 saturated heterocycles. The number of aliphatic imine (C=N–C) groups is 1. The number of aryl methyl sites for hydroxylation is 3. The number of aliphatic hydroxyl groups is 1. The first-order valence-corrected chi connectivity index (χ1v) is 23.6. The lowest BCUT2D eigenvalue weighted by Crippen LogP contribution is -2.57. The number of aromatic nitrogens is 4. The molecule has 0 radical (unpaired) electrons. The molecule has 0 saturated carbocycles. The summed E-state index contributed by atoms with van der Waals surface area (Å²) in [6, 6.07) is 20.3. The molecule has 8 rings (SSSR count). The number of nitrogens with one attached hydrogen (secondary N) is 2. The van der Waals surface area contributed by atoms with Gasteiger partial charge in [0, 0.05) is 34.5 Å². The Morgan fingerprint density at radius 1 is 0.879 bits per heavy atom. The third kappa shape index (κ3) is 9.09. The van der Waals surface area contributed by atoms with Gasteiger partial charge in [-0.2, -0.15) is 0 Å². The summed E-state index contributed by atoms with van der Waals surface area (Å²) in [5.74, 6) is -0.349. The number of likely N-dealkylation sites (tertiary alicyclic amines) is 1. The van der Waals surface area contributed by atoms with E-state index in [4.69, 9.17) is 9.73 Å². The van der Waals surface area contributed by atoms with Gasteiger partial charge in [-0.15, -0.1) is 32.9 Å². The van der Waals surface area contributed by atoms with Gasteiger partial charge in [-0.05, 0) is 80.0 Å². The molecule has 3 aromatic carbocycles. The molecule has 3 N–H and O–H groups in total. The van der Waals surface area contributed by atoms with Crippen LogP contribution in [0.2, 0.25) is 0 Å². The summed E-state index contributed by atoms with van der Waals surface area (Å²) >= 11 is 3.22. The molecule has 3 amide bonds. The molecule has 5 heterocycles. The monoisotopic (exact) mass is 926 g/mol. The van der Waals surface area contributed by atoms with E-state index >= 15 is 0 Å². The lowest BCUT2D eigenvalue weighted by Gasteiger charge is -2.35. The number of thiazole rings is 1. The van der Waals surface area contributed by atoms with Crippen molar-refractivity contribution < 1.29 is 29.0 Å². The van der Waals surface area contributed by atoms with Gasteiger partial charge in [-0.1, -0.05) is 81.4 Å². The highest BCUT2D eigenvalue weighted by Crippen LogP contribution is 2.40. The van der Waals surface area contributed by atoms with Crippen LogP contribution in [-0.4, -0.2) is 91.0 Å². The second-order valence-electron chi connectivity index (χ2n) is 18.1. The SMILES string of the molecule is COC(=O)C[C@@H]1N=C(c2ccc(-c3ccc(C(=O)NC(C(=O)N4C[C@H](O)C[C@H]4C(=O)N[C@@H](C)c4ccc(-c5scnc5C)cc4)C(C)(C)C)cc3)cc2)c2c(sc(C)c2C)-n2c(C)nnc21. The summed E-state index contributed by atoms with van der Waals surface area (Å²) in [6.07, 6.45) is -0.794. The predicted octanol–water partition coefficient (Wildman–Crippen LogP) is 7.79. The number of rotatable bonds is 11. The first-order chi connectivity index (χ1) is 31.4. The molecule has 16 heteroatoms. The Balaban J connectivity index is 0.965. The van der Waals surface area contributed by atoms with Gasteiger partial charge in [0.1, 0.15) is 29.0 Å². The second kappa shape index (κ2) is 18.5. The maximum absolute atomic E-state index is 14.4. The average molecular weight is 927 g/mol. The van der Waals surface area contributed by atoms with Crippen LogP contribution in [0.1, 0.15) is 107 Å². The van der Waals surface area contributed by atoms with Crippen LogP contribution in [0.5, 0.6) is 0 Å². The van der Waals surface area contributed by atoms with Crippen LogP contribution in [0.4, 0.5) is 0 Å². The third-order valence-corrected chi connectivity index (χ3v) is 14.7. The molecule has 0 spiro atoms. The minimum atomic E-state index is -0.993. The number of fused-ring (bicyclic) bond motifs is 3. The highest BCUT2D eigenvalue weighted by atomic mass is 32.1. The lowest BCUT2D eigenvalue weighted by molar-refractivity contribution is -0.142. The summed E-state index contributed by atoms with van der Waals surface area (Å²) < 4.78 is 7.03. The number of methoxy groups -OCH3 is 1. The molecular weight excluding hydrogens is 873 g/mol. The summed E-state index contributed by atoms with van der Waals surface area (Å²) in [6.45, 7) is 15.5. The van der Waals surface area contributed by atoms with Gasteiger partial charge in [0.2, 0.25) is 11.8 Å². The van der Waals surface area contributed by atoms with Crippen LogP contribution < -0.4 is 10.6 Å². The van der Waals surface area contributed by atoms with E-state index in [0.29, 0.717) is 17.2 Å². The third-order valence-electron chi connectivity index (χ3n) is 12.5. The van der Waals surface area contributed by atoms with E-state index < -0.39 is 47.4 Å². The predicted molar refractivity (Wildman–Crippen MR) is 256 cm³/mol. The van der Waals surface area contributed by atoms with E-state index in [1.54, 1.807) is 34.8 Å². The maximum atomic E-state index is 14.4. The normalized spacial score (nSPS) is 17.8. The molecule has 6 aromatic rings. The zero-order valence-corrected chi connectivity index (χ0v) is 40.1. The number of β-amino-alcohol motifs (C(OH)–C–C–N with tert-alkyl or cyclic N) is 1. The van der Waals surface area contributed by atoms with Crippen molar-refractivity contribution in [2.45, 2.75) is 98.5 Å². The summed E-state index contributed by atoms with van der Waals surface area (Å²) in [5.41, 5.74) is 9.83. The number of hydrogen-bond donors (Lipinski definition) is 3. The Hall–Kier alpha value is -6.36. The van der Waals surface area contributed by atoms with Crippen molar-refractivity contribution >= 4 is 52.1 Å². The number of esters is 1. The molecule has 1 fully saturated rings. The number of thiophene rings is 1. The summed E-state index contributed by atoms with van der Waals surface area (Å²) in [5, 5.41) is 26.5. The van der Waals surface area contributed by atoms with E-state index in [9.17, 15) is 24.3 Å². The number of ether oxygens (including phenoxy) is 1. The summed E-state index contributed by atoms with van der Waals surface area (Å²) in [7, 11) is 1.36. The van der Waals surface area contributed by atoms with E-state index in [-0.39, 0.29) is 31.3 Å². The van der Waals surface area contributed by atoms with Crippen molar-refractivity contribution in [2.24, 2.45) is 10.4 Å². The fraction of sp³-hybridized carbons (Fsp3) is 0.360. The number of hydrogen-bond acceptors (Lipinski definition) is 12. The van der Waals surface area contributed by atoms with Crippen molar-refractivity contribution in [3.05, 3.63) is 128 Å². The molecule has 1 unspecified atom stereocenters. The van der Waals surface area contributed by atoms with Gasteiger partial charge in [0.05, 0.1) is 47.5 Å². The minimum Gasteiger partial charge on any atom is -0.469 e. The van der Waals surface area contributed by atoms with Gasteiger partial charge < -0.3 is 25.4 Å². The number of amides is 3. The Morgan fingerprint density at radius 3 is 2.14 bits per heavy atom. The summed E-state index contributed by atoms with van der Waals surface area (Å²) in [4.78, 5) is 67.7. The number of benzene rings is 3. The van der Waals surface area contributed by atoms with Crippen LogP contribution in [0.25, 0.3) is 26.6 Å². The van der Waals surface area contributed by atoms with Crippen molar-refractivity contribution in [1.29, 1.82) is 0 Å². The van der Waals surface area contributed by atoms with E-state index in [1.165, 1.54) is 12.0 Å². The van der Waals surface area contributed by atoms with Crippen LogP contribution in [0, 0.1) is 33.1 Å². The zero-order valence-electron chi connectivity index (χ0n) is 38.5. The Labute approximate surface area is 392 Å². The highest BCUT2D eigenvalue weighted by Gasteiger charge is 2.45. The first kappa shape index (κ1) is 46.2. The topological polar surface area (TPSA) is 181 Å². The Morgan fingerprint density at radius 2 is 1.52 bits per heavy atom. The van der Waals surface area contributed by atoms with Crippen molar-refractivity contribution in [3.8, 4) is 26.6 Å². The van der Waals surface area contributed by atoms with Gasteiger partial charge in [0.15, 0.2) is 5.82 Å². The molecule has 14 nitrogen and oxygen atoms in total. The molecule has 66 heavy (non-hydrogen) atoms. The fourth-order valence-electron chi connectivity index (χ4n) is 8.63. The molecule has 5 atom stereocenters. The van der Waals surface area contributed by atoms with Crippen molar-refractivity contribution in [1.82, 2.24) is 35.3 Å². The number of aliphatic hydroxyl groups excluding tert-OH is 1. The van der Waals surface area contributed by atoms with Crippen LogP contribution in [0.3, 0.4) is 0 Å². The van der Waals surface area contributed by atoms with Crippen molar-refractivity contribution in [2.75, 3.05) is 13.7 Å². The van der Waals surface area contributed by atoms with Crippen LogP contribution in [0.15, 0.2) is 83.3 Å². The molecule has 0 aliphatic carbocycles. The quantitative estimate of drug-likeness (QED) is 0.109. The van der Waals surface area contributed by atoms with Crippen LogP contribution >= 0.6 is 22.7 Å². The number of nitrogens with zero attached hydrogens (tertiary/aromatic N) is 6. The standard InChI is InChI=1S/C50H54N8O6S2/c1-26-29(4)66-49-41(26)42(53-38(23-40(60)64-9)45-56-55-30(5)58(45)49)34-16-12-32(13-17-34)33-14-20-36(21-15-33)46(61)54-44(50(6,7)8)48(63)57-24-37(59)22-39(57)47(62)52-27(2)31-10-18-35(19-11-31)43-28(3)51-25-65-43/h10-21,25,27,37-39,44,59H,22-24H2,1-9H3,(H,52,62)(H,54,61)/t27-,37+,38-,39-,44?/m0/s1. The van der Waals surface area contributed by atoms with Gasteiger partial charge >= 0.3 is 5.97 Å². The van der Waals surface area contributed by atoms with Gasteiger partial charge in [0.25, 0.3) is 5.91 Å². The van der Waals surface area contributed by atoms with Gasteiger partial charge in [-0.25, -0.2) is 4.98 Å². The number of carbonyl (C=O) groups is 4. The van der Waals surface area contributed by atoms with Crippen molar-refractivity contribution in [3.63, 3.8) is 0 Å². The maximum Gasteiger partial charge on any atom is 0.308 e. The second-order valence-corrected chi connectivity index (χ2v) is 20.2. The highest BCUT2D eigenvalue weighted by molar-refractivity contribution is 7.15. The van der Waals surface area contributed by atoms with Crippen LogP contribution in [-0.2, 0) is 19.1 Å². The molecule has 342 valence electrons. The molecule has 2 aliphatic heterocycles. The van der Waals surface area contributed by atoms with Gasteiger partial charge in [-0.3, -0.25) is 28.7 Å².